The molecule has 1 N–H and O–H groups in total. The molecule has 6 heteroatoms. The maximum absolute atomic E-state index is 11.9. The number of anilines is 1. The minimum Gasteiger partial charge on any atom is -0.326 e. The highest BCUT2D eigenvalue weighted by atomic mass is 35.5. The standard InChI is InChI=1S/C14H16ClN3OS/c1-3-18-7-6-16-14(18)20-9-13(19)17-12-5-4-11(15)8-10(12)2/h4-8H,3,9H2,1-2H3,(H,17,19). The van der Waals surface area contributed by atoms with E-state index in [2.05, 4.69) is 10.3 Å². The van der Waals surface area contributed by atoms with Crippen LogP contribution in [0.2, 0.25) is 5.02 Å². The van der Waals surface area contributed by atoms with Crippen molar-refractivity contribution in [1.29, 1.82) is 0 Å². The van der Waals surface area contributed by atoms with Crippen LogP contribution < -0.4 is 5.32 Å². The van der Waals surface area contributed by atoms with Gasteiger partial charge in [-0.15, -0.1) is 0 Å². The second kappa shape index (κ2) is 6.81. The minimum absolute atomic E-state index is 0.0499. The fraction of sp³-hybridized carbons (Fsp3) is 0.286. The van der Waals surface area contributed by atoms with Gasteiger partial charge in [0.05, 0.1) is 5.75 Å². The van der Waals surface area contributed by atoms with Gasteiger partial charge in [-0.3, -0.25) is 4.79 Å². The van der Waals surface area contributed by atoms with Crippen LogP contribution in [0.15, 0.2) is 35.7 Å². The molecule has 0 aliphatic heterocycles. The van der Waals surface area contributed by atoms with Crippen LogP contribution in [-0.4, -0.2) is 21.2 Å². The van der Waals surface area contributed by atoms with Crippen LogP contribution in [0.5, 0.6) is 0 Å². The molecular weight excluding hydrogens is 294 g/mol. The molecule has 1 amide bonds. The molecule has 0 aliphatic carbocycles. The predicted octanol–water partition coefficient (Wildman–Crippen LogP) is 3.60. The number of carbonyl (C=O) groups excluding carboxylic acids is 1. The number of benzene rings is 1. The number of thioether (sulfide) groups is 1. The average molecular weight is 310 g/mol. The fourth-order valence-electron chi connectivity index (χ4n) is 1.76. The molecule has 1 aromatic heterocycles. The normalized spacial score (nSPS) is 10.6. The van der Waals surface area contributed by atoms with Crippen molar-refractivity contribution in [3.05, 3.63) is 41.2 Å². The Balaban J connectivity index is 1.93. The van der Waals surface area contributed by atoms with Gasteiger partial charge in [-0.25, -0.2) is 4.98 Å². The zero-order chi connectivity index (χ0) is 14.5. The number of carbonyl (C=O) groups is 1. The summed E-state index contributed by atoms with van der Waals surface area (Å²) in [6, 6.07) is 5.41. The molecule has 0 aliphatic rings. The Morgan fingerprint density at radius 2 is 2.30 bits per heavy atom. The first-order valence-electron chi connectivity index (χ1n) is 6.30. The van der Waals surface area contributed by atoms with Gasteiger partial charge in [-0.05, 0) is 37.6 Å². The minimum atomic E-state index is -0.0499. The molecule has 1 aromatic carbocycles. The van der Waals surface area contributed by atoms with Gasteiger partial charge in [0.1, 0.15) is 0 Å². The molecular formula is C14H16ClN3OS. The number of imidazole rings is 1. The molecule has 0 bridgehead atoms. The summed E-state index contributed by atoms with van der Waals surface area (Å²) in [7, 11) is 0. The molecule has 0 radical (unpaired) electrons. The lowest BCUT2D eigenvalue weighted by Crippen LogP contribution is -2.15. The quantitative estimate of drug-likeness (QED) is 0.859. The Labute approximate surface area is 127 Å². The molecule has 2 rings (SSSR count). The first-order chi connectivity index (χ1) is 9.60. The molecule has 4 nitrogen and oxygen atoms in total. The molecule has 0 unspecified atom stereocenters. The predicted molar refractivity (Wildman–Crippen MR) is 83.4 cm³/mol. The van der Waals surface area contributed by atoms with Gasteiger partial charge in [-0.2, -0.15) is 0 Å². The molecule has 0 atom stereocenters. The zero-order valence-electron chi connectivity index (χ0n) is 11.4. The molecule has 0 fully saturated rings. The highest BCUT2D eigenvalue weighted by Gasteiger charge is 2.08. The topological polar surface area (TPSA) is 46.9 Å². The van der Waals surface area contributed by atoms with Crippen molar-refractivity contribution < 1.29 is 4.79 Å². The van der Waals surface area contributed by atoms with Crippen molar-refractivity contribution in [2.24, 2.45) is 0 Å². The summed E-state index contributed by atoms with van der Waals surface area (Å²) in [5.74, 6) is 0.282. The highest BCUT2D eigenvalue weighted by molar-refractivity contribution is 7.99. The first kappa shape index (κ1) is 14.9. The number of hydrogen-bond donors (Lipinski definition) is 1. The van der Waals surface area contributed by atoms with E-state index in [0.717, 1.165) is 23.0 Å². The number of amides is 1. The summed E-state index contributed by atoms with van der Waals surface area (Å²) >= 11 is 7.32. The van der Waals surface area contributed by atoms with Crippen molar-refractivity contribution in [2.75, 3.05) is 11.1 Å². The van der Waals surface area contributed by atoms with Crippen LogP contribution in [-0.2, 0) is 11.3 Å². The van der Waals surface area contributed by atoms with Crippen molar-refractivity contribution in [3.63, 3.8) is 0 Å². The van der Waals surface area contributed by atoms with Gasteiger partial charge < -0.3 is 9.88 Å². The smallest absolute Gasteiger partial charge is 0.234 e. The van der Waals surface area contributed by atoms with Crippen LogP contribution in [0.25, 0.3) is 0 Å². The summed E-state index contributed by atoms with van der Waals surface area (Å²) in [4.78, 5) is 16.2. The lowest BCUT2D eigenvalue weighted by molar-refractivity contribution is -0.113. The van der Waals surface area contributed by atoms with E-state index in [9.17, 15) is 4.79 Å². The molecule has 0 spiro atoms. The van der Waals surface area contributed by atoms with Crippen LogP contribution in [0.4, 0.5) is 5.69 Å². The van der Waals surface area contributed by atoms with Crippen molar-refractivity contribution >= 4 is 35.0 Å². The third kappa shape index (κ3) is 3.77. The van der Waals surface area contributed by atoms with Gasteiger partial charge in [0.2, 0.25) is 5.91 Å². The van der Waals surface area contributed by atoms with E-state index in [1.54, 1.807) is 12.3 Å². The van der Waals surface area contributed by atoms with E-state index >= 15 is 0 Å². The van der Waals surface area contributed by atoms with Crippen molar-refractivity contribution in [1.82, 2.24) is 9.55 Å². The maximum Gasteiger partial charge on any atom is 0.234 e. The first-order valence-corrected chi connectivity index (χ1v) is 7.66. The highest BCUT2D eigenvalue weighted by Crippen LogP contribution is 2.21. The van der Waals surface area contributed by atoms with Crippen LogP contribution >= 0.6 is 23.4 Å². The Bertz CT molecular complexity index is 612. The summed E-state index contributed by atoms with van der Waals surface area (Å²) < 4.78 is 2.01. The van der Waals surface area contributed by atoms with Crippen molar-refractivity contribution in [3.8, 4) is 0 Å². The summed E-state index contributed by atoms with van der Waals surface area (Å²) in [5.41, 5.74) is 1.74. The summed E-state index contributed by atoms with van der Waals surface area (Å²) in [6.45, 7) is 4.81. The number of aromatic nitrogens is 2. The number of nitrogens with zero attached hydrogens (tertiary/aromatic N) is 2. The lowest BCUT2D eigenvalue weighted by Gasteiger charge is -2.09. The fourth-order valence-corrected chi connectivity index (χ4v) is 2.81. The van der Waals surface area contributed by atoms with Gasteiger partial charge in [0.15, 0.2) is 5.16 Å². The van der Waals surface area contributed by atoms with E-state index < -0.39 is 0 Å². The van der Waals surface area contributed by atoms with Crippen molar-refractivity contribution in [2.45, 2.75) is 25.5 Å². The van der Waals surface area contributed by atoms with Crippen LogP contribution in [0.3, 0.4) is 0 Å². The largest absolute Gasteiger partial charge is 0.326 e. The second-order valence-corrected chi connectivity index (χ2v) is 5.67. The maximum atomic E-state index is 11.9. The molecule has 1 heterocycles. The third-order valence-corrected chi connectivity index (χ3v) is 4.05. The lowest BCUT2D eigenvalue weighted by atomic mass is 10.2. The van der Waals surface area contributed by atoms with E-state index in [1.807, 2.05) is 36.7 Å². The molecule has 2 aromatic rings. The van der Waals surface area contributed by atoms with Gasteiger partial charge in [0.25, 0.3) is 0 Å². The van der Waals surface area contributed by atoms with E-state index in [4.69, 9.17) is 11.6 Å². The molecule has 106 valence electrons. The zero-order valence-corrected chi connectivity index (χ0v) is 13.0. The Morgan fingerprint density at radius 3 is 3.00 bits per heavy atom. The monoisotopic (exact) mass is 309 g/mol. The number of halogens is 1. The Kier molecular flexibility index (Phi) is 5.09. The molecule has 0 saturated carbocycles. The van der Waals surface area contributed by atoms with Gasteiger partial charge in [0, 0.05) is 29.6 Å². The number of aryl methyl sites for hydroxylation is 2. The van der Waals surface area contributed by atoms with E-state index in [-0.39, 0.29) is 5.91 Å². The third-order valence-electron chi connectivity index (χ3n) is 2.81. The van der Waals surface area contributed by atoms with Crippen LogP contribution in [0.1, 0.15) is 12.5 Å². The van der Waals surface area contributed by atoms with E-state index in [1.165, 1.54) is 11.8 Å². The molecule has 20 heavy (non-hydrogen) atoms. The van der Waals surface area contributed by atoms with Gasteiger partial charge >= 0.3 is 0 Å². The Morgan fingerprint density at radius 1 is 1.50 bits per heavy atom. The summed E-state index contributed by atoms with van der Waals surface area (Å²) in [5, 5.41) is 4.41. The average Bonchev–Trinajstić information content (AvgIpc) is 2.87. The van der Waals surface area contributed by atoms with Crippen LogP contribution in [0, 0.1) is 6.92 Å². The SMILES string of the molecule is CCn1ccnc1SCC(=O)Nc1ccc(Cl)cc1C. The molecule has 0 saturated heterocycles. The van der Waals surface area contributed by atoms with E-state index in [0.29, 0.717) is 10.8 Å². The summed E-state index contributed by atoms with van der Waals surface area (Å²) in [6.07, 6.45) is 3.65. The number of nitrogens with one attached hydrogen (secondary N) is 1. The number of rotatable bonds is 5. The number of hydrogen-bond acceptors (Lipinski definition) is 3. The second-order valence-electron chi connectivity index (χ2n) is 4.29. The Hall–Kier alpha value is -1.46. The van der Waals surface area contributed by atoms with Gasteiger partial charge in [-0.1, -0.05) is 23.4 Å².